The minimum Gasteiger partial charge on any atom is -0.394 e. The lowest BCUT2D eigenvalue weighted by molar-refractivity contribution is -0.0511. The number of aromatic nitrogens is 4. The summed E-state index contributed by atoms with van der Waals surface area (Å²) in [6, 6.07) is -0.0860. The van der Waals surface area contributed by atoms with Gasteiger partial charge in [0.15, 0.2) is 23.2 Å². The highest BCUT2D eigenvalue weighted by Crippen LogP contribution is 2.32. The summed E-state index contributed by atoms with van der Waals surface area (Å²) in [6.45, 7) is -0.400. The molecule has 1 saturated carbocycles. The number of ether oxygens (including phenoxy) is 1. The van der Waals surface area contributed by atoms with Gasteiger partial charge in [-0.3, -0.25) is 4.57 Å². The van der Waals surface area contributed by atoms with Crippen LogP contribution in [0.4, 0.5) is 5.82 Å². The monoisotopic (exact) mass is 351 g/mol. The molecule has 2 aliphatic rings. The third-order valence-corrected chi connectivity index (χ3v) is 4.95. The van der Waals surface area contributed by atoms with Crippen molar-refractivity contribution in [3.63, 3.8) is 0 Å². The van der Waals surface area contributed by atoms with E-state index in [4.69, 9.17) is 4.74 Å². The summed E-state index contributed by atoms with van der Waals surface area (Å²) in [5.74, 6) is 0.501. The fraction of sp³-hybridized carbons (Fsp3) is 0.667. The molecule has 2 aromatic heterocycles. The second-order valence-electron chi connectivity index (χ2n) is 6.52. The largest absolute Gasteiger partial charge is 0.394 e. The Balaban J connectivity index is 1.65. The lowest BCUT2D eigenvalue weighted by Crippen LogP contribution is -2.33. The van der Waals surface area contributed by atoms with Crippen LogP contribution in [0.25, 0.3) is 11.2 Å². The molecule has 4 unspecified atom stereocenters. The van der Waals surface area contributed by atoms with Gasteiger partial charge in [0.2, 0.25) is 0 Å². The Kier molecular flexibility index (Phi) is 4.29. The Morgan fingerprint density at radius 3 is 2.68 bits per heavy atom. The molecule has 10 heteroatoms. The van der Waals surface area contributed by atoms with Gasteiger partial charge in [0, 0.05) is 0 Å². The molecule has 1 aliphatic heterocycles. The topological polar surface area (TPSA) is 146 Å². The number of aliphatic hydroxyl groups is 4. The molecule has 1 aliphatic carbocycles. The molecule has 10 nitrogen and oxygen atoms in total. The summed E-state index contributed by atoms with van der Waals surface area (Å²) in [5, 5.41) is 42.6. The summed E-state index contributed by atoms with van der Waals surface area (Å²) < 4.78 is 7.04. The molecule has 25 heavy (non-hydrogen) atoms. The predicted octanol–water partition coefficient (Wildman–Crippen LogP) is -1.24. The molecule has 0 amide bonds. The van der Waals surface area contributed by atoms with Gasteiger partial charge in [0.25, 0.3) is 0 Å². The summed E-state index contributed by atoms with van der Waals surface area (Å²) >= 11 is 0. The Labute approximate surface area is 143 Å². The van der Waals surface area contributed by atoms with Crippen molar-refractivity contribution in [3.05, 3.63) is 12.7 Å². The molecule has 0 aromatic carbocycles. The number of nitrogens with zero attached hydrogens (tertiary/aromatic N) is 4. The quantitative estimate of drug-likeness (QED) is 0.456. The Morgan fingerprint density at radius 2 is 2.00 bits per heavy atom. The van der Waals surface area contributed by atoms with Crippen LogP contribution in [0.5, 0.6) is 0 Å². The number of fused-ring (bicyclic) bond motifs is 1. The first kappa shape index (κ1) is 16.6. The van der Waals surface area contributed by atoms with Crippen LogP contribution in [0.1, 0.15) is 25.5 Å². The van der Waals surface area contributed by atoms with E-state index in [1.807, 2.05) is 0 Å². The van der Waals surface area contributed by atoms with Gasteiger partial charge >= 0.3 is 0 Å². The van der Waals surface area contributed by atoms with Crippen LogP contribution in [0, 0.1) is 0 Å². The number of aliphatic hydroxyl groups excluding tert-OH is 4. The molecule has 0 bridgehead atoms. The maximum Gasteiger partial charge on any atom is 0.167 e. The van der Waals surface area contributed by atoms with Crippen molar-refractivity contribution in [3.8, 4) is 0 Å². The zero-order valence-corrected chi connectivity index (χ0v) is 13.4. The van der Waals surface area contributed by atoms with Gasteiger partial charge in [-0.05, 0) is 19.3 Å². The van der Waals surface area contributed by atoms with Gasteiger partial charge < -0.3 is 30.5 Å². The molecule has 5 N–H and O–H groups in total. The minimum atomic E-state index is -1.21. The highest BCUT2D eigenvalue weighted by atomic mass is 16.6. The third kappa shape index (κ3) is 2.75. The van der Waals surface area contributed by atoms with Gasteiger partial charge in [0.05, 0.1) is 25.1 Å². The number of nitrogens with one attached hydrogen (secondary N) is 1. The number of hydrogen-bond donors (Lipinski definition) is 5. The van der Waals surface area contributed by atoms with E-state index in [1.54, 1.807) is 0 Å². The van der Waals surface area contributed by atoms with Crippen LogP contribution in [0.15, 0.2) is 12.7 Å². The van der Waals surface area contributed by atoms with Crippen molar-refractivity contribution in [1.29, 1.82) is 0 Å². The van der Waals surface area contributed by atoms with E-state index in [0.717, 1.165) is 19.3 Å². The zero-order chi connectivity index (χ0) is 17.6. The molecule has 2 fully saturated rings. The van der Waals surface area contributed by atoms with Crippen LogP contribution in [0.2, 0.25) is 0 Å². The normalized spacial score (nSPS) is 35.5. The fourth-order valence-electron chi connectivity index (χ4n) is 3.54. The van der Waals surface area contributed by atoms with E-state index in [2.05, 4.69) is 20.3 Å². The molecule has 2 aromatic rings. The Bertz CT molecular complexity index is 755. The zero-order valence-electron chi connectivity index (χ0n) is 13.4. The van der Waals surface area contributed by atoms with Crippen LogP contribution < -0.4 is 5.32 Å². The van der Waals surface area contributed by atoms with Crippen LogP contribution in [-0.2, 0) is 4.74 Å². The molecule has 0 radical (unpaired) electrons. The van der Waals surface area contributed by atoms with E-state index >= 15 is 0 Å². The molecule has 1 saturated heterocycles. The average Bonchev–Trinajstić information content (AvgIpc) is 3.29. The summed E-state index contributed by atoms with van der Waals surface area (Å²) in [6.07, 6.45) is 0.768. The lowest BCUT2D eigenvalue weighted by atomic mass is 10.1. The molecule has 136 valence electrons. The first-order chi connectivity index (χ1) is 12.1. The van der Waals surface area contributed by atoms with Gasteiger partial charge in [-0.15, -0.1) is 0 Å². The maximum atomic E-state index is 10.2. The van der Waals surface area contributed by atoms with Crippen LogP contribution in [0.3, 0.4) is 0 Å². The molecule has 4 rings (SSSR count). The van der Waals surface area contributed by atoms with E-state index in [1.165, 1.54) is 17.2 Å². The van der Waals surface area contributed by atoms with E-state index in [0.29, 0.717) is 17.0 Å². The number of hydrogen-bond acceptors (Lipinski definition) is 9. The smallest absolute Gasteiger partial charge is 0.167 e. The van der Waals surface area contributed by atoms with Crippen molar-refractivity contribution in [2.75, 3.05) is 11.9 Å². The van der Waals surface area contributed by atoms with Crippen molar-refractivity contribution in [2.24, 2.45) is 0 Å². The summed E-state index contributed by atoms with van der Waals surface area (Å²) in [7, 11) is 0. The van der Waals surface area contributed by atoms with Crippen molar-refractivity contribution in [1.82, 2.24) is 19.5 Å². The standard InChI is InChI=1S/C15H21N5O5/c21-4-9-11(23)12(24)15(25-9)20-6-18-10-13(16-5-17-14(10)20)19-7-2-1-3-8(7)22/h5-9,11-12,15,21-24H,1-4H2,(H,16,17,19)/t7?,8-,9-,11?,12?,15?/m1/s1. The van der Waals surface area contributed by atoms with Crippen molar-refractivity contribution in [2.45, 2.75) is 55.9 Å². The van der Waals surface area contributed by atoms with Crippen LogP contribution in [-0.4, -0.2) is 77.0 Å². The van der Waals surface area contributed by atoms with Crippen molar-refractivity contribution >= 4 is 17.0 Å². The highest BCUT2D eigenvalue weighted by Gasteiger charge is 2.44. The van der Waals surface area contributed by atoms with Gasteiger partial charge in [0.1, 0.15) is 24.6 Å². The number of rotatable bonds is 4. The second kappa shape index (κ2) is 6.46. The number of imidazole rings is 1. The van der Waals surface area contributed by atoms with Crippen LogP contribution >= 0.6 is 0 Å². The number of anilines is 1. The Hall–Kier alpha value is -1.85. The first-order valence-corrected chi connectivity index (χ1v) is 8.34. The maximum absolute atomic E-state index is 10.2. The third-order valence-electron chi connectivity index (χ3n) is 4.95. The minimum absolute atomic E-state index is 0.0860. The highest BCUT2D eigenvalue weighted by molar-refractivity contribution is 5.82. The molecule has 3 heterocycles. The molecular weight excluding hydrogens is 330 g/mol. The molecule has 0 spiro atoms. The van der Waals surface area contributed by atoms with Gasteiger partial charge in [-0.25, -0.2) is 15.0 Å². The van der Waals surface area contributed by atoms with E-state index in [9.17, 15) is 20.4 Å². The lowest BCUT2D eigenvalue weighted by Gasteiger charge is -2.18. The van der Waals surface area contributed by atoms with E-state index < -0.39 is 37.3 Å². The summed E-state index contributed by atoms with van der Waals surface area (Å²) in [4.78, 5) is 12.7. The second-order valence-corrected chi connectivity index (χ2v) is 6.52. The molecular formula is C15H21N5O5. The van der Waals surface area contributed by atoms with Gasteiger partial charge in [-0.2, -0.15) is 0 Å². The SMILES string of the molecule is OC[C@H]1OC(n2cnc3c(NC4CCC[C@H]4O)ncnc32)C(O)C1O. The Morgan fingerprint density at radius 1 is 1.16 bits per heavy atom. The average molecular weight is 351 g/mol. The fourth-order valence-corrected chi connectivity index (χ4v) is 3.54. The summed E-state index contributed by atoms with van der Waals surface area (Å²) in [5.41, 5.74) is 0.916. The molecule has 6 atom stereocenters. The predicted molar refractivity (Wildman–Crippen MR) is 85.6 cm³/mol. The van der Waals surface area contributed by atoms with Gasteiger partial charge in [-0.1, -0.05) is 0 Å². The van der Waals surface area contributed by atoms with Crippen molar-refractivity contribution < 1.29 is 25.2 Å². The van der Waals surface area contributed by atoms with E-state index in [-0.39, 0.29) is 6.04 Å². The first-order valence-electron chi connectivity index (χ1n) is 8.34.